The second-order valence-corrected chi connectivity index (χ2v) is 7.61. The molecule has 1 aromatic carbocycles. The van der Waals surface area contributed by atoms with Gasteiger partial charge in [-0.05, 0) is 37.5 Å². The Morgan fingerprint density at radius 3 is 2.59 bits per heavy atom. The van der Waals surface area contributed by atoms with E-state index in [1.54, 1.807) is 13.0 Å². The Balaban J connectivity index is 2.17. The number of sulfonamides is 1. The van der Waals surface area contributed by atoms with Crippen LogP contribution in [0.4, 0.5) is 0 Å². The molecule has 1 saturated heterocycles. The lowest BCUT2D eigenvalue weighted by atomic mass is 9.80. The predicted octanol–water partition coefficient (Wildman–Crippen LogP) is 1.81. The Hall–Kier alpha value is -1.15. The van der Waals surface area contributed by atoms with Crippen molar-refractivity contribution >= 4 is 27.6 Å². The van der Waals surface area contributed by atoms with Crippen LogP contribution >= 0.6 is 11.6 Å². The van der Waals surface area contributed by atoms with E-state index in [-0.39, 0.29) is 24.3 Å². The topological polar surface area (TPSA) is 92.7 Å². The van der Waals surface area contributed by atoms with E-state index in [1.165, 1.54) is 12.1 Å². The first-order chi connectivity index (χ1) is 10.3. The molecule has 0 unspecified atom stereocenters. The summed E-state index contributed by atoms with van der Waals surface area (Å²) in [6, 6.07) is 4.41. The third-order valence-electron chi connectivity index (χ3n) is 3.96. The number of ether oxygens (including phenoxy) is 1. The minimum Gasteiger partial charge on any atom is -0.481 e. The maximum absolute atomic E-state index is 12.3. The number of hydrogen-bond donors (Lipinski definition) is 2. The molecule has 6 nitrogen and oxygen atoms in total. The number of carboxylic acids is 1. The Bertz CT molecular complexity index is 668. The maximum Gasteiger partial charge on any atom is 0.311 e. The number of hydrogen-bond acceptors (Lipinski definition) is 4. The molecule has 0 aliphatic carbocycles. The Morgan fingerprint density at radius 1 is 1.41 bits per heavy atom. The monoisotopic (exact) mass is 347 g/mol. The van der Waals surface area contributed by atoms with Crippen molar-refractivity contribution in [2.24, 2.45) is 5.41 Å². The zero-order valence-corrected chi connectivity index (χ0v) is 13.7. The van der Waals surface area contributed by atoms with Crippen LogP contribution in [-0.4, -0.2) is 39.3 Å². The average molecular weight is 348 g/mol. The first-order valence-electron chi connectivity index (χ1n) is 6.84. The van der Waals surface area contributed by atoms with Crippen molar-refractivity contribution in [3.05, 3.63) is 28.8 Å². The first kappa shape index (κ1) is 17.2. The highest BCUT2D eigenvalue weighted by atomic mass is 35.5. The Morgan fingerprint density at radius 2 is 2.05 bits per heavy atom. The summed E-state index contributed by atoms with van der Waals surface area (Å²) in [5, 5.41) is 9.77. The molecule has 0 atom stereocenters. The van der Waals surface area contributed by atoms with Crippen LogP contribution in [0.5, 0.6) is 0 Å². The van der Waals surface area contributed by atoms with Crippen molar-refractivity contribution < 1.29 is 23.1 Å². The van der Waals surface area contributed by atoms with Crippen molar-refractivity contribution in [3.8, 4) is 0 Å². The number of carbonyl (C=O) groups is 1. The van der Waals surface area contributed by atoms with E-state index in [1.807, 2.05) is 0 Å². The maximum atomic E-state index is 12.3. The van der Waals surface area contributed by atoms with E-state index in [2.05, 4.69) is 4.72 Å². The number of aliphatic carboxylic acids is 1. The average Bonchev–Trinajstić information content (AvgIpc) is 2.49. The molecule has 1 aliphatic rings. The molecular formula is C14H18ClNO5S. The summed E-state index contributed by atoms with van der Waals surface area (Å²) in [6.45, 7) is 2.22. The Kier molecular flexibility index (Phi) is 5.11. The number of aryl methyl sites for hydroxylation is 1. The van der Waals surface area contributed by atoms with Crippen LogP contribution in [0, 0.1) is 12.3 Å². The molecule has 0 radical (unpaired) electrons. The molecule has 122 valence electrons. The fraction of sp³-hybridized carbons (Fsp3) is 0.500. The highest BCUT2D eigenvalue weighted by Gasteiger charge is 2.41. The fourth-order valence-electron chi connectivity index (χ4n) is 2.29. The van der Waals surface area contributed by atoms with Crippen LogP contribution < -0.4 is 4.72 Å². The molecule has 2 N–H and O–H groups in total. The van der Waals surface area contributed by atoms with Gasteiger partial charge in [-0.3, -0.25) is 4.79 Å². The van der Waals surface area contributed by atoms with E-state index < -0.39 is 21.4 Å². The van der Waals surface area contributed by atoms with Crippen LogP contribution in [0.15, 0.2) is 23.1 Å². The lowest BCUT2D eigenvalue weighted by Crippen LogP contribution is -2.46. The van der Waals surface area contributed by atoms with E-state index in [0.29, 0.717) is 18.2 Å². The number of rotatable bonds is 5. The van der Waals surface area contributed by atoms with Gasteiger partial charge in [-0.2, -0.15) is 0 Å². The highest BCUT2D eigenvalue weighted by molar-refractivity contribution is 7.89. The molecule has 0 saturated carbocycles. The summed E-state index contributed by atoms with van der Waals surface area (Å²) >= 11 is 5.94. The van der Waals surface area contributed by atoms with Gasteiger partial charge in [0, 0.05) is 24.8 Å². The molecule has 0 amide bonds. The van der Waals surface area contributed by atoms with Crippen LogP contribution in [0.2, 0.25) is 5.02 Å². The van der Waals surface area contributed by atoms with Gasteiger partial charge in [0.15, 0.2) is 0 Å². The molecule has 1 aliphatic heterocycles. The zero-order chi connectivity index (χ0) is 16.4. The number of nitrogens with one attached hydrogen (secondary N) is 1. The van der Waals surface area contributed by atoms with Crippen LogP contribution in [-0.2, 0) is 19.6 Å². The molecule has 0 aromatic heterocycles. The SMILES string of the molecule is Cc1ccc(S(=O)(=O)NCC2(C(=O)O)CCOCC2)cc1Cl. The molecule has 1 aromatic rings. The van der Waals surface area contributed by atoms with Gasteiger partial charge in [0.25, 0.3) is 0 Å². The van der Waals surface area contributed by atoms with E-state index >= 15 is 0 Å². The van der Waals surface area contributed by atoms with Crippen molar-refractivity contribution in [3.63, 3.8) is 0 Å². The summed E-state index contributed by atoms with van der Waals surface area (Å²) in [5.74, 6) is -1.01. The van der Waals surface area contributed by atoms with E-state index in [9.17, 15) is 18.3 Å². The van der Waals surface area contributed by atoms with Crippen molar-refractivity contribution in [2.75, 3.05) is 19.8 Å². The third kappa shape index (κ3) is 3.60. The van der Waals surface area contributed by atoms with Gasteiger partial charge in [0.05, 0.1) is 10.3 Å². The van der Waals surface area contributed by atoms with Gasteiger partial charge in [-0.25, -0.2) is 13.1 Å². The number of halogens is 1. The molecule has 0 spiro atoms. The smallest absolute Gasteiger partial charge is 0.311 e. The Labute approximate surface area is 134 Å². The molecule has 0 bridgehead atoms. The van der Waals surface area contributed by atoms with Gasteiger partial charge in [0.1, 0.15) is 0 Å². The minimum absolute atomic E-state index is 0.0238. The van der Waals surface area contributed by atoms with Gasteiger partial charge in [-0.15, -0.1) is 0 Å². The summed E-state index contributed by atoms with van der Waals surface area (Å²) in [4.78, 5) is 11.5. The summed E-state index contributed by atoms with van der Waals surface area (Å²) in [7, 11) is -3.81. The number of carboxylic acid groups (broad SMARTS) is 1. The van der Waals surface area contributed by atoms with Crippen molar-refractivity contribution in [1.82, 2.24) is 4.72 Å². The van der Waals surface area contributed by atoms with Gasteiger partial charge in [-0.1, -0.05) is 17.7 Å². The predicted molar refractivity (Wildman–Crippen MR) is 81.5 cm³/mol. The largest absolute Gasteiger partial charge is 0.481 e. The van der Waals surface area contributed by atoms with Crippen molar-refractivity contribution in [1.29, 1.82) is 0 Å². The standard InChI is InChI=1S/C14H18ClNO5S/c1-10-2-3-11(8-12(10)15)22(19,20)16-9-14(13(17)18)4-6-21-7-5-14/h2-3,8,16H,4-7,9H2,1H3,(H,17,18). The van der Waals surface area contributed by atoms with E-state index in [0.717, 1.165) is 5.56 Å². The van der Waals surface area contributed by atoms with Gasteiger partial charge in [0.2, 0.25) is 10.0 Å². The van der Waals surface area contributed by atoms with Gasteiger partial charge >= 0.3 is 5.97 Å². The fourth-order valence-corrected chi connectivity index (χ4v) is 3.68. The molecule has 8 heteroatoms. The summed E-state index contributed by atoms with van der Waals surface area (Å²) in [6.07, 6.45) is 0.555. The second kappa shape index (κ2) is 6.54. The van der Waals surface area contributed by atoms with Crippen LogP contribution in [0.1, 0.15) is 18.4 Å². The minimum atomic E-state index is -3.81. The lowest BCUT2D eigenvalue weighted by Gasteiger charge is -2.33. The molecular weight excluding hydrogens is 330 g/mol. The van der Waals surface area contributed by atoms with E-state index in [4.69, 9.17) is 16.3 Å². The molecule has 1 heterocycles. The highest BCUT2D eigenvalue weighted by Crippen LogP contribution is 2.31. The molecule has 1 fully saturated rings. The first-order valence-corrected chi connectivity index (χ1v) is 8.70. The zero-order valence-electron chi connectivity index (χ0n) is 12.1. The van der Waals surface area contributed by atoms with Gasteiger partial charge < -0.3 is 9.84 Å². The van der Waals surface area contributed by atoms with Crippen LogP contribution in [0.3, 0.4) is 0 Å². The normalized spacial score (nSPS) is 18.1. The summed E-state index contributed by atoms with van der Waals surface area (Å²) < 4.78 is 32.2. The molecule has 2 rings (SSSR count). The molecule has 22 heavy (non-hydrogen) atoms. The summed E-state index contributed by atoms with van der Waals surface area (Å²) in [5.41, 5.74) is -0.355. The number of benzene rings is 1. The van der Waals surface area contributed by atoms with Crippen LogP contribution in [0.25, 0.3) is 0 Å². The quantitative estimate of drug-likeness (QED) is 0.847. The van der Waals surface area contributed by atoms with Crippen molar-refractivity contribution in [2.45, 2.75) is 24.7 Å². The second-order valence-electron chi connectivity index (χ2n) is 5.43. The third-order valence-corrected chi connectivity index (χ3v) is 5.76. The lowest BCUT2D eigenvalue weighted by molar-refractivity contribution is -0.154.